The minimum absolute atomic E-state index is 0.595. The summed E-state index contributed by atoms with van der Waals surface area (Å²) < 4.78 is 0. The van der Waals surface area contributed by atoms with Gasteiger partial charge in [-0.25, -0.2) is 0 Å². The van der Waals surface area contributed by atoms with E-state index in [0.29, 0.717) is 12.0 Å². The van der Waals surface area contributed by atoms with Crippen LogP contribution in [0.5, 0.6) is 0 Å². The Bertz CT molecular complexity index is 73.7. The minimum atomic E-state index is 0.595. The molecule has 0 bridgehead atoms. The molecule has 1 unspecified atom stereocenters. The Balaban J connectivity index is 3.12. The van der Waals surface area contributed by atoms with Gasteiger partial charge in [-0.05, 0) is 18.9 Å². The zero-order chi connectivity index (χ0) is 7.98. The third-order valence-corrected chi connectivity index (χ3v) is 1.69. The van der Waals surface area contributed by atoms with E-state index in [1.54, 1.807) is 0 Å². The van der Waals surface area contributed by atoms with Crippen molar-refractivity contribution < 1.29 is 0 Å². The highest BCUT2D eigenvalue weighted by Gasteiger charge is 2.00. The average molecular weight is 164 g/mol. The highest BCUT2D eigenvalue weighted by Crippen LogP contribution is 2.01. The van der Waals surface area contributed by atoms with E-state index in [9.17, 15) is 0 Å². The summed E-state index contributed by atoms with van der Waals surface area (Å²) in [4.78, 5) is 0. The van der Waals surface area contributed by atoms with Crippen molar-refractivity contribution in [1.29, 1.82) is 0 Å². The van der Waals surface area contributed by atoms with E-state index in [1.165, 1.54) is 0 Å². The van der Waals surface area contributed by atoms with Gasteiger partial charge in [0.1, 0.15) is 0 Å². The van der Waals surface area contributed by atoms with Crippen molar-refractivity contribution in [2.75, 3.05) is 12.4 Å². The van der Waals surface area contributed by atoms with Crippen LogP contribution < -0.4 is 5.32 Å². The second kappa shape index (κ2) is 5.99. The standard InChI is InChI=1S/C8H18ClN/c1-7(2)10-6-8(3)4-5-9/h7-8,10H,4-6H2,1-3H3. The molecule has 0 radical (unpaired) electrons. The Morgan fingerprint density at radius 1 is 1.30 bits per heavy atom. The largest absolute Gasteiger partial charge is 0.314 e. The van der Waals surface area contributed by atoms with Gasteiger partial charge in [-0.1, -0.05) is 20.8 Å². The molecular formula is C8H18ClN. The summed E-state index contributed by atoms with van der Waals surface area (Å²) in [5, 5.41) is 3.37. The van der Waals surface area contributed by atoms with Crippen molar-refractivity contribution in [2.24, 2.45) is 5.92 Å². The summed E-state index contributed by atoms with van der Waals surface area (Å²) in [6.45, 7) is 7.63. The van der Waals surface area contributed by atoms with Crippen LogP contribution in [0.3, 0.4) is 0 Å². The Morgan fingerprint density at radius 3 is 2.30 bits per heavy atom. The van der Waals surface area contributed by atoms with Crippen molar-refractivity contribution in [3.63, 3.8) is 0 Å². The molecule has 62 valence electrons. The van der Waals surface area contributed by atoms with Gasteiger partial charge in [0.2, 0.25) is 0 Å². The van der Waals surface area contributed by atoms with E-state index in [4.69, 9.17) is 11.6 Å². The molecule has 1 N–H and O–H groups in total. The molecular weight excluding hydrogens is 146 g/mol. The molecule has 0 fully saturated rings. The third-order valence-electron chi connectivity index (χ3n) is 1.48. The van der Waals surface area contributed by atoms with Crippen molar-refractivity contribution in [3.8, 4) is 0 Å². The lowest BCUT2D eigenvalue weighted by Gasteiger charge is -2.12. The quantitative estimate of drug-likeness (QED) is 0.614. The number of halogens is 1. The second-order valence-electron chi connectivity index (χ2n) is 3.15. The maximum Gasteiger partial charge on any atom is 0.0226 e. The highest BCUT2D eigenvalue weighted by atomic mass is 35.5. The molecule has 0 amide bonds. The Morgan fingerprint density at radius 2 is 1.90 bits per heavy atom. The molecule has 1 nitrogen and oxygen atoms in total. The zero-order valence-corrected chi connectivity index (χ0v) is 7.91. The predicted octanol–water partition coefficient (Wildman–Crippen LogP) is 2.25. The van der Waals surface area contributed by atoms with E-state index in [2.05, 4.69) is 26.1 Å². The monoisotopic (exact) mass is 163 g/mol. The molecule has 0 aliphatic carbocycles. The van der Waals surface area contributed by atoms with Crippen molar-refractivity contribution in [2.45, 2.75) is 33.2 Å². The van der Waals surface area contributed by atoms with E-state index in [-0.39, 0.29) is 0 Å². The van der Waals surface area contributed by atoms with Crippen molar-refractivity contribution in [1.82, 2.24) is 5.32 Å². The molecule has 0 rings (SSSR count). The molecule has 0 heterocycles. The molecule has 0 aromatic heterocycles. The smallest absolute Gasteiger partial charge is 0.0226 e. The summed E-state index contributed by atoms with van der Waals surface area (Å²) in [6, 6.07) is 0.595. The Kier molecular flexibility index (Phi) is 6.14. The SMILES string of the molecule is CC(CCCl)CNC(C)C. The van der Waals surface area contributed by atoms with Crippen LogP contribution in [0.4, 0.5) is 0 Å². The Hall–Kier alpha value is 0.250. The first-order valence-electron chi connectivity index (χ1n) is 3.96. The van der Waals surface area contributed by atoms with Gasteiger partial charge in [0.25, 0.3) is 0 Å². The molecule has 0 spiro atoms. The zero-order valence-electron chi connectivity index (χ0n) is 7.15. The van der Waals surface area contributed by atoms with Gasteiger partial charge in [-0.2, -0.15) is 0 Å². The lowest BCUT2D eigenvalue weighted by molar-refractivity contribution is 0.469. The highest BCUT2D eigenvalue weighted by molar-refractivity contribution is 6.17. The first kappa shape index (κ1) is 10.2. The van der Waals surface area contributed by atoms with Crippen LogP contribution in [0.25, 0.3) is 0 Å². The van der Waals surface area contributed by atoms with Gasteiger partial charge in [0, 0.05) is 11.9 Å². The normalized spacial score (nSPS) is 14.1. The fourth-order valence-electron chi connectivity index (χ4n) is 0.725. The first-order chi connectivity index (χ1) is 4.66. The van der Waals surface area contributed by atoms with E-state index in [1.807, 2.05) is 0 Å². The molecule has 0 aliphatic heterocycles. The summed E-state index contributed by atoms with van der Waals surface area (Å²) >= 11 is 5.58. The lowest BCUT2D eigenvalue weighted by atomic mass is 10.1. The number of nitrogens with one attached hydrogen (secondary N) is 1. The van der Waals surface area contributed by atoms with Crippen LogP contribution in [-0.4, -0.2) is 18.5 Å². The summed E-state index contributed by atoms with van der Waals surface area (Å²) in [7, 11) is 0. The molecule has 10 heavy (non-hydrogen) atoms. The molecule has 0 aromatic rings. The topological polar surface area (TPSA) is 12.0 Å². The number of rotatable bonds is 5. The molecule has 0 saturated carbocycles. The fraction of sp³-hybridized carbons (Fsp3) is 1.00. The van der Waals surface area contributed by atoms with Gasteiger partial charge in [-0.15, -0.1) is 11.6 Å². The van der Waals surface area contributed by atoms with Crippen molar-refractivity contribution in [3.05, 3.63) is 0 Å². The van der Waals surface area contributed by atoms with E-state index < -0.39 is 0 Å². The van der Waals surface area contributed by atoms with Crippen LogP contribution >= 0.6 is 11.6 Å². The Labute approximate surface area is 69.1 Å². The van der Waals surface area contributed by atoms with Gasteiger partial charge in [-0.3, -0.25) is 0 Å². The third kappa shape index (κ3) is 6.37. The number of hydrogen-bond acceptors (Lipinski definition) is 1. The van der Waals surface area contributed by atoms with Gasteiger partial charge in [0.15, 0.2) is 0 Å². The van der Waals surface area contributed by atoms with Crippen LogP contribution in [0.1, 0.15) is 27.2 Å². The summed E-state index contributed by atoms with van der Waals surface area (Å²) in [6.07, 6.45) is 1.11. The van der Waals surface area contributed by atoms with Gasteiger partial charge < -0.3 is 5.32 Å². The minimum Gasteiger partial charge on any atom is -0.314 e. The predicted molar refractivity (Wildman–Crippen MR) is 47.6 cm³/mol. The molecule has 0 aromatic carbocycles. The molecule has 0 saturated heterocycles. The van der Waals surface area contributed by atoms with Gasteiger partial charge in [0.05, 0.1) is 0 Å². The molecule has 1 atom stereocenters. The van der Waals surface area contributed by atoms with Crippen molar-refractivity contribution >= 4 is 11.6 Å². The maximum absolute atomic E-state index is 5.58. The summed E-state index contributed by atoms with van der Waals surface area (Å²) in [5.41, 5.74) is 0. The fourth-order valence-corrected chi connectivity index (χ4v) is 1.10. The number of hydrogen-bond donors (Lipinski definition) is 1. The summed E-state index contributed by atoms with van der Waals surface area (Å²) in [5.74, 6) is 1.49. The van der Waals surface area contributed by atoms with Crippen LogP contribution in [0.2, 0.25) is 0 Å². The lowest BCUT2D eigenvalue weighted by Crippen LogP contribution is -2.27. The molecule has 0 aliphatic rings. The van der Waals surface area contributed by atoms with E-state index >= 15 is 0 Å². The maximum atomic E-state index is 5.58. The second-order valence-corrected chi connectivity index (χ2v) is 3.52. The van der Waals surface area contributed by atoms with Crippen LogP contribution in [0.15, 0.2) is 0 Å². The van der Waals surface area contributed by atoms with Gasteiger partial charge >= 0.3 is 0 Å². The van der Waals surface area contributed by atoms with Crippen LogP contribution in [-0.2, 0) is 0 Å². The first-order valence-corrected chi connectivity index (χ1v) is 4.49. The number of alkyl halides is 1. The molecule has 2 heteroatoms. The van der Waals surface area contributed by atoms with Crippen LogP contribution in [0, 0.1) is 5.92 Å². The average Bonchev–Trinajstić information content (AvgIpc) is 1.85. The van der Waals surface area contributed by atoms with E-state index in [0.717, 1.165) is 18.8 Å².